The first kappa shape index (κ1) is 17.5. The van der Waals surface area contributed by atoms with E-state index < -0.39 is 0 Å². The molecule has 4 nitrogen and oxygen atoms in total. The van der Waals surface area contributed by atoms with Crippen molar-refractivity contribution >= 4 is 33.7 Å². The molecule has 0 radical (unpaired) electrons. The molecule has 0 aliphatic carbocycles. The van der Waals surface area contributed by atoms with Gasteiger partial charge in [-0.3, -0.25) is 4.79 Å². The Morgan fingerprint density at radius 3 is 2.44 bits per heavy atom. The Bertz CT molecular complexity index is 1010. The van der Waals surface area contributed by atoms with E-state index in [9.17, 15) is 4.79 Å². The Labute approximate surface area is 165 Å². The first-order valence-electron chi connectivity index (χ1n) is 8.37. The highest BCUT2D eigenvalue weighted by atomic mass is 32.1. The zero-order valence-corrected chi connectivity index (χ0v) is 15.9. The van der Waals surface area contributed by atoms with Crippen molar-refractivity contribution in [2.45, 2.75) is 6.42 Å². The average molecular weight is 393 g/mol. The minimum atomic E-state index is -0.0510. The quantitative estimate of drug-likeness (QED) is 0.448. The molecule has 0 unspecified atom stereocenters. The van der Waals surface area contributed by atoms with Gasteiger partial charge < -0.3 is 10.1 Å². The van der Waals surface area contributed by atoms with Gasteiger partial charge in [0.15, 0.2) is 5.13 Å². The second-order valence-corrected chi connectivity index (χ2v) is 7.67. The van der Waals surface area contributed by atoms with Crippen LogP contribution in [0.5, 0.6) is 11.5 Å². The molecule has 0 saturated heterocycles. The molecule has 27 heavy (non-hydrogen) atoms. The number of aromatic nitrogens is 1. The molecule has 2 heterocycles. The van der Waals surface area contributed by atoms with Gasteiger partial charge >= 0.3 is 0 Å². The highest BCUT2D eigenvalue weighted by molar-refractivity contribution is 7.14. The lowest BCUT2D eigenvalue weighted by Gasteiger charge is -2.05. The standard InChI is InChI=1S/C21H16N2O2S2/c24-20(13-18-7-4-12-26-18)23-21-22-19(14-27-21)15-8-10-17(11-9-15)25-16-5-2-1-3-6-16/h1-12,14H,13H2,(H,22,23,24). The number of hydrogen-bond donors (Lipinski definition) is 1. The number of carbonyl (C=O) groups is 1. The molecular weight excluding hydrogens is 376 g/mol. The summed E-state index contributed by atoms with van der Waals surface area (Å²) in [6.07, 6.45) is 0.373. The van der Waals surface area contributed by atoms with Crippen LogP contribution in [-0.2, 0) is 11.2 Å². The third-order valence-electron chi connectivity index (χ3n) is 3.79. The fourth-order valence-corrected chi connectivity index (χ4v) is 3.96. The Morgan fingerprint density at radius 1 is 0.926 bits per heavy atom. The maximum absolute atomic E-state index is 12.1. The Balaban J connectivity index is 1.40. The van der Waals surface area contributed by atoms with Gasteiger partial charge in [0.2, 0.25) is 5.91 Å². The normalized spacial score (nSPS) is 10.5. The van der Waals surface area contributed by atoms with Crippen molar-refractivity contribution in [3.05, 3.63) is 82.4 Å². The Kier molecular flexibility index (Phi) is 5.27. The van der Waals surface area contributed by atoms with Crippen molar-refractivity contribution in [3.8, 4) is 22.8 Å². The number of thiophene rings is 1. The molecule has 2 aromatic carbocycles. The van der Waals surface area contributed by atoms with Crippen LogP contribution in [0.15, 0.2) is 77.5 Å². The molecule has 0 aliphatic heterocycles. The van der Waals surface area contributed by atoms with E-state index in [1.165, 1.54) is 11.3 Å². The summed E-state index contributed by atoms with van der Waals surface area (Å²) in [6.45, 7) is 0. The number of thiazole rings is 1. The topological polar surface area (TPSA) is 51.2 Å². The molecule has 0 atom stereocenters. The summed E-state index contributed by atoms with van der Waals surface area (Å²) >= 11 is 3.00. The summed E-state index contributed by atoms with van der Waals surface area (Å²) < 4.78 is 5.80. The van der Waals surface area contributed by atoms with Gasteiger partial charge in [0.05, 0.1) is 12.1 Å². The van der Waals surface area contributed by atoms with E-state index in [1.54, 1.807) is 11.3 Å². The molecule has 0 saturated carbocycles. The lowest BCUT2D eigenvalue weighted by molar-refractivity contribution is -0.115. The monoisotopic (exact) mass is 392 g/mol. The number of amides is 1. The van der Waals surface area contributed by atoms with Crippen molar-refractivity contribution in [2.24, 2.45) is 0 Å². The van der Waals surface area contributed by atoms with E-state index in [-0.39, 0.29) is 5.91 Å². The van der Waals surface area contributed by atoms with E-state index in [0.717, 1.165) is 27.6 Å². The maximum atomic E-state index is 12.1. The average Bonchev–Trinajstić information content (AvgIpc) is 3.35. The smallest absolute Gasteiger partial charge is 0.231 e. The minimum absolute atomic E-state index is 0.0510. The van der Waals surface area contributed by atoms with Gasteiger partial charge in [-0.15, -0.1) is 22.7 Å². The first-order valence-corrected chi connectivity index (χ1v) is 10.1. The summed E-state index contributed by atoms with van der Waals surface area (Å²) in [5.74, 6) is 1.52. The molecule has 0 bridgehead atoms. The van der Waals surface area contributed by atoms with Gasteiger partial charge in [0.1, 0.15) is 11.5 Å². The van der Waals surface area contributed by atoms with Crippen LogP contribution in [0.3, 0.4) is 0 Å². The molecule has 1 N–H and O–H groups in total. The van der Waals surface area contributed by atoms with E-state index in [0.29, 0.717) is 11.6 Å². The number of nitrogens with one attached hydrogen (secondary N) is 1. The minimum Gasteiger partial charge on any atom is -0.457 e. The van der Waals surface area contributed by atoms with Crippen LogP contribution in [-0.4, -0.2) is 10.9 Å². The van der Waals surface area contributed by atoms with Crippen LogP contribution in [0.2, 0.25) is 0 Å². The predicted octanol–water partition coefficient (Wildman–Crippen LogP) is 5.85. The van der Waals surface area contributed by atoms with Crippen molar-refractivity contribution in [2.75, 3.05) is 5.32 Å². The van der Waals surface area contributed by atoms with Gasteiger partial charge in [0.25, 0.3) is 0 Å². The van der Waals surface area contributed by atoms with Gasteiger partial charge in [-0.05, 0) is 47.8 Å². The number of carbonyl (C=O) groups excluding carboxylic acids is 1. The van der Waals surface area contributed by atoms with E-state index in [4.69, 9.17) is 4.74 Å². The molecule has 2 aromatic heterocycles. The van der Waals surface area contributed by atoms with Gasteiger partial charge in [-0.2, -0.15) is 0 Å². The van der Waals surface area contributed by atoms with Crippen LogP contribution in [0, 0.1) is 0 Å². The summed E-state index contributed by atoms with van der Waals surface area (Å²) in [5, 5.41) is 7.38. The first-order chi connectivity index (χ1) is 13.3. The van der Waals surface area contributed by atoms with Crippen molar-refractivity contribution in [1.29, 1.82) is 0 Å². The molecule has 4 aromatic rings. The number of anilines is 1. The zero-order valence-electron chi connectivity index (χ0n) is 14.3. The second kappa shape index (κ2) is 8.16. The van der Waals surface area contributed by atoms with Gasteiger partial charge in [0, 0.05) is 15.8 Å². The second-order valence-electron chi connectivity index (χ2n) is 5.78. The van der Waals surface area contributed by atoms with Crippen molar-refractivity contribution in [3.63, 3.8) is 0 Å². The number of para-hydroxylation sites is 1. The predicted molar refractivity (Wildman–Crippen MR) is 111 cm³/mol. The third kappa shape index (κ3) is 4.61. The number of ether oxygens (including phenoxy) is 1. The van der Waals surface area contributed by atoms with Crippen molar-refractivity contribution < 1.29 is 9.53 Å². The molecule has 4 rings (SSSR count). The van der Waals surface area contributed by atoms with Gasteiger partial charge in [-0.1, -0.05) is 24.3 Å². The SMILES string of the molecule is O=C(Cc1cccs1)Nc1nc(-c2ccc(Oc3ccccc3)cc2)cs1. The maximum Gasteiger partial charge on any atom is 0.231 e. The fraction of sp³-hybridized carbons (Fsp3) is 0.0476. The molecule has 1 amide bonds. The van der Waals surface area contributed by atoms with E-state index in [1.807, 2.05) is 77.5 Å². The summed E-state index contributed by atoms with van der Waals surface area (Å²) in [7, 11) is 0. The van der Waals surface area contributed by atoms with Crippen molar-refractivity contribution in [1.82, 2.24) is 4.98 Å². The highest BCUT2D eigenvalue weighted by Gasteiger charge is 2.09. The largest absolute Gasteiger partial charge is 0.457 e. The Morgan fingerprint density at radius 2 is 1.70 bits per heavy atom. The van der Waals surface area contributed by atoms with Crippen LogP contribution >= 0.6 is 22.7 Å². The number of rotatable bonds is 6. The fourth-order valence-electron chi connectivity index (χ4n) is 2.52. The number of hydrogen-bond acceptors (Lipinski definition) is 5. The molecule has 134 valence electrons. The molecule has 0 aliphatic rings. The summed E-state index contributed by atoms with van der Waals surface area (Å²) in [4.78, 5) is 17.6. The van der Waals surface area contributed by atoms with E-state index >= 15 is 0 Å². The third-order valence-corrected chi connectivity index (χ3v) is 5.43. The van der Waals surface area contributed by atoms with Gasteiger partial charge in [-0.25, -0.2) is 4.98 Å². The van der Waals surface area contributed by atoms with Crippen LogP contribution in [0.25, 0.3) is 11.3 Å². The van der Waals surface area contributed by atoms with Crippen LogP contribution in [0.4, 0.5) is 5.13 Å². The lowest BCUT2D eigenvalue weighted by atomic mass is 10.2. The van der Waals surface area contributed by atoms with Crippen LogP contribution < -0.4 is 10.1 Å². The van der Waals surface area contributed by atoms with Crippen LogP contribution in [0.1, 0.15) is 4.88 Å². The molecule has 6 heteroatoms. The zero-order chi connectivity index (χ0) is 18.5. The Hall–Kier alpha value is -2.96. The number of nitrogens with zero attached hydrogens (tertiary/aromatic N) is 1. The number of benzene rings is 2. The molecule has 0 spiro atoms. The summed E-state index contributed by atoms with van der Waals surface area (Å²) in [6, 6.07) is 21.3. The molecule has 0 fully saturated rings. The lowest BCUT2D eigenvalue weighted by Crippen LogP contribution is -2.13. The highest BCUT2D eigenvalue weighted by Crippen LogP contribution is 2.28. The molecular formula is C21H16N2O2S2. The summed E-state index contributed by atoms with van der Waals surface area (Å²) in [5.41, 5.74) is 1.81. The van der Waals surface area contributed by atoms with E-state index in [2.05, 4.69) is 10.3 Å².